The van der Waals surface area contributed by atoms with Crippen LogP contribution in [-0.2, 0) is 17.6 Å². The first-order valence-corrected chi connectivity index (χ1v) is 11.3. The van der Waals surface area contributed by atoms with Crippen molar-refractivity contribution in [3.63, 3.8) is 0 Å². The molecule has 0 unspecified atom stereocenters. The molecule has 4 rings (SSSR count). The number of nitrogens with one attached hydrogen (secondary N) is 2. The van der Waals surface area contributed by atoms with Gasteiger partial charge in [0, 0.05) is 43.1 Å². The first-order valence-electron chi connectivity index (χ1n) is 10.5. The van der Waals surface area contributed by atoms with Crippen LogP contribution in [-0.4, -0.2) is 41.9 Å². The molecule has 2 amide bonds. The number of benzene rings is 1. The van der Waals surface area contributed by atoms with E-state index in [1.165, 1.54) is 16.2 Å². The molecule has 0 aliphatic heterocycles. The fourth-order valence-corrected chi connectivity index (χ4v) is 5.05. The molecule has 8 heteroatoms. The summed E-state index contributed by atoms with van der Waals surface area (Å²) in [6, 6.07) is 9.09. The third-order valence-corrected chi connectivity index (χ3v) is 6.54. The van der Waals surface area contributed by atoms with E-state index in [1.54, 1.807) is 30.1 Å². The summed E-state index contributed by atoms with van der Waals surface area (Å²) in [5, 5.41) is 10.8. The minimum absolute atomic E-state index is 0.125. The van der Waals surface area contributed by atoms with Crippen molar-refractivity contribution in [3.8, 4) is 5.69 Å². The Bertz CT molecular complexity index is 1040. The van der Waals surface area contributed by atoms with E-state index < -0.39 is 0 Å². The molecule has 1 aliphatic rings. The minimum Gasteiger partial charge on any atom is -0.385 e. The lowest BCUT2D eigenvalue weighted by atomic mass is 9.95. The van der Waals surface area contributed by atoms with Crippen LogP contribution in [0.5, 0.6) is 0 Å². The molecule has 0 fully saturated rings. The third-order valence-electron chi connectivity index (χ3n) is 5.33. The highest BCUT2D eigenvalue weighted by molar-refractivity contribution is 7.17. The van der Waals surface area contributed by atoms with Crippen molar-refractivity contribution >= 4 is 28.2 Å². The van der Waals surface area contributed by atoms with Gasteiger partial charge in [-0.1, -0.05) is 0 Å². The number of anilines is 1. The third kappa shape index (κ3) is 4.86. The predicted octanol–water partition coefficient (Wildman–Crippen LogP) is 3.83. The number of hydrogen-bond donors (Lipinski definition) is 2. The molecule has 0 saturated carbocycles. The van der Waals surface area contributed by atoms with Crippen molar-refractivity contribution in [1.29, 1.82) is 0 Å². The van der Waals surface area contributed by atoms with Crippen LogP contribution in [0.4, 0.5) is 5.00 Å². The van der Waals surface area contributed by atoms with E-state index in [4.69, 9.17) is 4.74 Å². The Kier molecular flexibility index (Phi) is 6.79. The normalized spacial score (nSPS) is 12.9. The van der Waals surface area contributed by atoms with Gasteiger partial charge in [-0.3, -0.25) is 9.59 Å². The van der Waals surface area contributed by atoms with Crippen LogP contribution in [0.3, 0.4) is 0 Å². The van der Waals surface area contributed by atoms with Crippen molar-refractivity contribution in [2.45, 2.75) is 32.1 Å². The van der Waals surface area contributed by atoms with E-state index in [0.717, 1.165) is 43.4 Å². The monoisotopic (exact) mass is 438 g/mol. The molecule has 0 radical (unpaired) electrons. The van der Waals surface area contributed by atoms with Gasteiger partial charge >= 0.3 is 0 Å². The van der Waals surface area contributed by atoms with E-state index in [2.05, 4.69) is 15.7 Å². The highest BCUT2D eigenvalue weighted by Gasteiger charge is 2.26. The number of carbonyl (C=O) groups excluding carboxylic acids is 2. The minimum atomic E-state index is -0.223. The van der Waals surface area contributed by atoms with E-state index in [0.29, 0.717) is 29.3 Å². The van der Waals surface area contributed by atoms with Crippen LogP contribution >= 0.6 is 11.3 Å². The topological polar surface area (TPSA) is 85.3 Å². The summed E-state index contributed by atoms with van der Waals surface area (Å²) < 4.78 is 6.79. The van der Waals surface area contributed by atoms with Gasteiger partial charge in [0.1, 0.15) is 5.00 Å². The van der Waals surface area contributed by atoms with Gasteiger partial charge in [0.05, 0.1) is 11.3 Å². The average Bonchev–Trinajstić information content (AvgIpc) is 3.44. The van der Waals surface area contributed by atoms with Gasteiger partial charge in [0.15, 0.2) is 0 Å². The van der Waals surface area contributed by atoms with Gasteiger partial charge in [-0.05, 0) is 68.0 Å². The molecule has 0 atom stereocenters. The Morgan fingerprint density at radius 2 is 1.97 bits per heavy atom. The Morgan fingerprint density at radius 3 is 2.71 bits per heavy atom. The predicted molar refractivity (Wildman–Crippen MR) is 121 cm³/mol. The second-order valence-electron chi connectivity index (χ2n) is 7.47. The summed E-state index contributed by atoms with van der Waals surface area (Å²) in [7, 11) is 1.65. The maximum Gasteiger partial charge on any atom is 0.256 e. The summed E-state index contributed by atoms with van der Waals surface area (Å²) in [6.45, 7) is 1.14. The van der Waals surface area contributed by atoms with E-state index in [1.807, 2.05) is 24.4 Å². The molecular weight excluding hydrogens is 412 g/mol. The molecule has 0 bridgehead atoms. The van der Waals surface area contributed by atoms with Crippen LogP contribution in [0, 0.1) is 0 Å². The SMILES string of the molecule is COCCCNC(=O)c1c(NC(=O)c2ccc(-n3cccn3)cc2)sc2c1CCCC2. The molecule has 2 N–H and O–H groups in total. The van der Waals surface area contributed by atoms with Crippen LogP contribution in [0.15, 0.2) is 42.7 Å². The number of aromatic nitrogens is 2. The zero-order valence-corrected chi connectivity index (χ0v) is 18.3. The molecule has 162 valence electrons. The van der Waals surface area contributed by atoms with E-state index in [9.17, 15) is 9.59 Å². The van der Waals surface area contributed by atoms with E-state index >= 15 is 0 Å². The van der Waals surface area contributed by atoms with Crippen molar-refractivity contribution in [1.82, 2.24) is 15.1 Å². The lowest BCUT2D eigenvalue weighted by Crippen LogP contribution is -2.27. The number of rotatable bonds is 8. The molecule has 31 heavy (non-hydrogen) atoms. The van der Waals surface area contributed by atoms with Crippen LogP contribution in [0.25, 0.3) is 5.69 Å². The van der Waals surface area contributed by atoms with Gasteiger partial charge < -0.3 is 15.4 Å². The number of ether oxygens (including phenoxy) is 1. The Balaban J connectivity index is 1.52. The fraction of sp³-hybridized carbons (Fsp3) is 0.348. The first kappa shape index (κ1) is 21.3. The Hall–Kier alpha value is -2.97. The summed E-state index contributed by atoms with van der Waals surface area (Å²) >= 11 is 1.53. The number of hydrogen-bond acceptors (Lipinski definition) is 5. The largest absolute Gasteiger partial charge is 0.385 e. The maximum atomic E-state index is 12.9. The highest BCUT2D eigenvalue weighted by Crippen LogP contribution is 2.38. The van der Waals surface area contributed by atoms with E-state index in [-0.39, 0.29) is 11.8 Å². The van der Waals surface area contributed by atoms with Crippen LogP contribution in [0.2, 0.25) is 0 Å². The summed E-state index contributed by atoms with van der Waals surface area (Å²) in [5.74, 6) is -0.348. The van der Waals surface area contributed by atoms with Crippen LogP contribution < -0.4 is 10.6 Å². The zero-order chi connectivity index (χ0) is 21.6. The first-order chi connectivity index (χ1) is 15.2. The number of amides is 2. The molecule has 3 aromatic rings. The quantitative estimate of drug-likeness (QED) is 0.524. The fourth-order valence-electron chi connectivity index (χ4n) is 3.76. The number of thiophene rings is 1. The Morgan fingerprint density at radius 1 is 1.16 bits per heavy atom. The molecule has 7 nitrogen and oxygen atoms in total. The van der Waals surface area contributed by atoms with Crippen molar-refractivity contribution in [3.05, 3.63) is 64.3 Å². The zero-order valence-electron chi connectivity index (χ0n) is 17.5. The number of methoxy groups -OCH3 is 1. The standard InChI is InChI=1S/C23H26N4O3S/c1-30-15-5-12-24-22(29)20-18-6-2-3-7-19(18)31-23(20)26-21(28)16-8-10-17(11-9-16)27-14-4-13-25-27/h4,8-11,13-14H,2-3,5-7,12,15H2,1H3,(H,24,29)(H,26,28). The molecule has 1 aromatic carbocycles. The van der Waals surface area contributed by atoms with Crippen LogP contribution in [0.1, 0.15) is 50.4 Å². The van der Waals surface area contributed by atoms with Gasteiger partial charge in [0.2, 0.25) is 0 Å². The molecular formula is C23H26N4O3S. The number of fused-ring (bicyclic) bond motifs is 1. The summed E-state index contributed by atoms with van der Waals surface area (Å²) in [6.07, 6.45) is 8.32. The average molecular weight is 439 g/mol. The summed E-state index contributed by atoms with van der Waals surface area (Å²) in [4.78, 5) is 27.1. The van der Waals surface area contributed by atoms with Gasteiger partial charge in [-0.15, -0.1) is 11.3 Å². The molecule has 1 aliphatic carbocycles. The Labute approximate surface area is 185 Å². The highest BCUT2D eigenvalue weighted by atomic mass is 32.1. The van der Waals surface area contributed by atoms with Crippen molar-refractivity contribution < 1.29 is 14.3 Å². The second-order valence-corrected chi connectivity index (χ2v) is 8.57. The molecule has 0 spiro atoms. The lowest BCUT2D eigenvalue weighted by Gasteiger charge is -2.13. The van der Waals surface area contributed by atoms with Gasteiger partial charge in [0.25, 0.3) is 11.8 Å². The summed E-state index contributed by atoms with van der Waals surface area (Å²) in [5.41, 5.74) is 3.13. The number of aryl methyl sites for hydroxylation is 1. The molecule has 2 heterocycles. The number of nitrogens with zero attached hydrogens (tertiary/aromatic N) is 2. The van der Waals surface area contributed by atoms with Gasteiger partial charge in [-0.2, -0.15) is 5.10 Å². The second kappa shape index (κ2) is 9.89. The van der Waals surface area contributed by atoms with Crippen molar-refractivity contribution in [2.24, 2.45) is 0 Å². The maximum absolute atomic E-state index is 12.9. The number of carbonyl (C=O) groups is 2. The molecule has 2 aromatic heterocycles. The van der Waals surface area contributed by atoms with Crippen molar-refractivity contribution in [2.75, 3.05) is 25.6 Å². The smallest absolute Gasteiger partial charge is 0.256 e. The molecule has 0 saturated heterocycles. The lowest BCUT2D eigenvalue weighted by molar-refractivity contribution is 0.0948. The van der Waals surface area contributed by atoms with Gasteiger partial charge in [-0.25, -0.2) is 4.68 Å².